The molecule has 7 heterocycles. The van der Waals surface area contributed by atoms with Gasteiger partial charge in [-0.15, -0.1) is 0 Å². The standard InChI is InChI=1S/C74H82N14/c1-9-23-55-47(5)71-72-48(6)56(24-10-2)68(86-72)44-80-64-36-18-14-32-60(64)76-41-53-29-22-30-54(84-53)42-78-62-34-16-20-38-66(62)82-46-70-58(26-12-4)50(8)74(88-70)73-49(7)57(25-11-3)69(87-73)45-81-65-37-19-15-33-61(65)77-40-52-28-21-27-51(83-52)39-75-59-31-13-17-35-63(59)79-43-67(55)85-71/h13-22,27-38,43-46,75-78,85-88H,9-12,23-26,39-42H2,1-8H3. The monoisotopic (exact) mass is 1170 g/mol. The van der Waals surface area contributed by atoms with Gasteiger partial charge in [-0.3, -0.25) is 29.9 Å². The molecule has 8 N–H and O–H groups in total. The highest BCUT2D eigenvalue weighted by molar-refractivity contribution is 5.92. The number of pyridine rings is 2. The van der Waals surface area contributed by atoms with Crippen LogP contribution in [0.1, 0.15) is 143 Å². The van der Waals surface area contributed by atoms with E-state index in [1.807, 2.05) is 73.4 Å². The van der Waals surface area contributed by atoms with E-state index in [1.54, 1.807) is 0 Å². The Balaban J connectivity index is 0.936. The SMILES string of the molecule is CCCc1c2[nH]c(c1C)-c1[nH]c(c(CCC)c1C)C=Nc1ccccc1NCc1cccc(n1)CNc1ccccc1N=Cc1[nH]c(c(C)c1CCC)-c1[nH]c(c(CCC)c1C)C=Nc1ccccc1NCc1cccc(n1)CNc1ccccc1N=C2. The molecule has 11 rings (SSSR count). The normalized spacial score (nSPS) is 12.9. The fraction of sp³-hybridized carbons (Fsp3) is 0.270. The molecule has 88 heavy (non-hydrogen) atoms. The third-order valence-electron chi connectivity index (χ3n) is 16.7. The molecular weight excluding hydrogens is 1080 g/mol. The molecule has 0 amide bonds. The summed E-state index contributed by atoms with van der Waals surface area (Å²) < 4.78 is 0. The molecule has 448 valence electrons. The molecule has 0 saturated heterocycles. The molecule has 14 heteroatoms. The summed E-state index contributed by atoms with van der Waals surface area (Å²) in [6.45, 7) is 19.9. The Morgan fingerprint density at radius 2 is 0.523 bits per heavy atom. The van der Waals surface area contributed by atoms with Gasteiger partial charge in [-0.1, -0.05) is 114 Å². The second kappa shape index (κ2) is 28.1. The Kier molecular flexibility index (Phi) is 19.1. The number of rotatable bonds is 8. The maximum atomic E-state index is 5.15. The van der Waals surface area contributed by atoms with Gasteiger partial charge < -0.3 is 41.2 Å². The Hall–Kier alpha value is -9.82. The smallest absolute Gasteiger partial charge is 0.0861 e. The van der Waals surface area contributed by atoms with Gasteiger partial charge in [0.25, 0.3) is 0 Å². The molecule has 1 aliphatic rings. The number of aromatic amines is 4. The molecule has 0 aliphatic carbocycles. The summed E-state index contributed by atoms with van der Waals surface area (Å²) in [7, 11) is 0. The van der Waals surface area contributed by atoms with Crippen LogP contribution >= 0.6 is 0 Å². The summed E-state index contributed by atoms with van der Waals surface area (Å²) in [6, 6.07) is 45.3. The van der Waals surface area contributed by atoms with Gasteiger partial charge in [-0.2, -0.15) is 0 Å². The van der Waals surface area contributed by atoms with Crippen LogP contribution in [0.15, 0.2) is 153 Å². The van der Waals surface area contributed by atoms with Crippen LogP contribution in [0, 0.1) is 27.7 Å². The minimum absolute atomic E-state index is 0.528. The molecule has 10 aromatic rings. The van der Waals surface area contributed by atoms with Crippen molar-refractivity contribution in [2.75, 3.05) is 21.3 Å². The van der Waals surface area contributed by atoms with E-state index in [0.29, 0.717) is 26.2 Å². The maximum Gasteiger partial charge on any atom is 0.0861 e. The molecule has 1 aliphatic heterocycles. The minimum Gasteiger partial charge on any atom is -0.378 e. The summed E-state index contributed by atoms with van der Waals surface area (Å²) in [5, 5.41) is 14.6. The molecule has 0 spiro atoms. The molecule has 12 bridgehead atoms. The van der Waals surface area contributed by atoms with Crippen molar-refractivity contribution in [2.24, 2.45) is 20.0 Å². The lowest BCUT2D eigenvalue weighted by Crippen LogP contribution is -2.06. The third-order valence-corrected chi connectivity index (χ3v) is 16.7. The molecule has 14 nitrogen and oxygen atoms in total. The van der Waals surface area contributed by atoms with E-state index in [2.05, 4.69) is 182 Å². The van der Waals surface area contributed by atoms with Gasteiger partial charge in [0, 0.05) is 0 Å². The number of para-hydroxylation sites is 8. The second-order valence-corrected chi connectivity index (χ2v) is 22.8. The van der Waals surface area contributed by atoms with Gasteiger partial charge in [-0.05, 0) is 171 Å². The van der Waals surface area contributed by atoms with Crippen LogP contribution in [-0.4, -0.2) is 54.8 Å². The zero-order valence-electron chi connectivity index (χ0n) is 52.2. The van der Waals surface area contributed by atoms with Gasteiger partial charge >= 0.3 is 0 Å². The number of aliphatic imine (C=N–C) groups is 4. The number of hydrogen-bond donors (Lipinski definition) is 8. The molecular formula is C74H82N14. The van der Waals surface area contributed by atoms with Crippen LogP contribution in [0.5, 0.6) is 0 Å². The van der Waals surface area contributed by atoms with E-state index in [4.69, 9.17) is 29.9 Å². The first kappa shape index (κ1) is 59.9. The lowest BCUT2D eigenvalue weighted by atomic mass is 10.0. The number of aromatic nitrogens is 6. The summed E-state index contributed by atoms with van der Waals surface area (Å²) in [4.78, 5) is 46.1. The molecule has 4 aromatic carbocycles. The highest BCUT2D eigenvalue weighted by Gasteiger charge is 2.23. The molecule has 0 fully saturated rings. The predicted octanol–water partition coefficient (Wildman–Crippen LogP) is 17.9. The Labute approximate surface area is 518 Å². The second-order valence-electron chi connectivity index (χ2n) is 22.8. The van der Waals surface area contributed by atoms with Crippen molar-refractivity contribution in [3.05, 3.63) is 224 Å². The average molecular weight is 1170 g/mol. The van der Waals surface area contributed by atoms with E-state index in [1.165, 1.54) is 44.5 Å². The van der Waals surface area contributed by atoms with E-state index in [-0.39, 0.29) is 0 Å². The van der Waals surface area contributed by atoms with Gasteiger partial charge in [0.1, 0.15) is 0 Å². The topological polar surface area (TPSA) is 186 Å². The molecule has 0 atom stereocenters. The fourth-order valence-corrected chi connectivity index (χ4v) is 12.0. The van der Waals surface area contributed by atoms with Crippen LogP contribution in [-0.2, 0) is 51.9 Å². The summed E-state index contributed by atoms with van der Waals surface area (Å²) in [6.07, 6.45) is 15.7. The number of hydrogen-bond acceptors (Lipinski definition) is 10. The quantitative estimate of drug-likeness (QED) is 0.0748. The highest BCUT2D eigenvalue weighted by atomic mass is 15.0. The van der Waals surface area contributed by atoms with Crippen LogP contribution in [0.3, 0.4) is 0 Å². The van der Waals surface area contributed by atoms with Crippen LogP contribution in [0.2, 0.25) is 0 Å². The van der Waals surface area contributed by atoms with Crippen molar-refractivity contribution in [1.29, 1.82) is 0 Å². The molecule has 0 unspecified atom stereocenters. The van der Waals surface area contributed by atoms with Crippen molar-refractivity contribution >= 4 is 70.4 Å². The van der Waals surface area contributed by atoms with Crippen molar-refractivity contribution in [1.82, 2.24) is 29.9 Å². The van der Waals surface area contributed by atoms with Crippen molar-refractivity contribution in [3.8, 4) is 22.8 Å². The van der Waals surface area contributed by atoms with E-state index < -0.39 is 0 Å². The summed E-state index contributed by atoms with van der Waals surface area (Å²) >= 11 is 0. The number of nitrogens with zero attached hydrogens (tertiary/aromatic N) is 6. The lowest BCUT2D eigenvalue weighted by molar-refractivity contribution is 0.914. The van der Waals surface area contributed by atoms with Gasteiger partial charge in [0.15, 0.2) is 0 Å². The van der Waals surface area contributed by atoms with Crippen LogP contribution in [0.25, 0.3) is 22.8 Å². The van der Waals surface area contributed by atoms with Gasteiger partial charge in [-0.25, -0.2) is 0 Å². The number of anilines is 4. The third kappa shape index (κ3) is 13.6. The van der Waals surface area contributed by atoms with Crippen molar-refractivity contribution < 1.29 is 0 Å². The van der Waals surface area contributed by atoms with E-state index in [9.17, 15) is 0 Å². The lowest BCUT2D eigenvalue weighted by Gasteiger charge is -2.11. The maximum absolute atomic E-state index is 5.15. The number of benzene rings is 4. The van der Waals surface area contributed by atoms with Gasteiger partial charge in [0.2, 0.25) is 0 Å². The number of fused-ring (bicyclic) bond motifs is 18. The molecule has 0 radical (unpaired) electrons. The average Bonchev–Trinajstić information content (AvgIpc) is 1.90. The Bertz CT molecular complexity index is 3650. The minimum atomic E-state index is 0.528. The highest BCUT2D eigenvalue weighted by Crippen LogP contribution is 2.37. The molecule has 6 aromatic heterocycles. The largest absolute Gasteiger partial charge is 0.378 e. The first-order chi connectivity index (χ1) is 43.1. The van der Waals surface area contributed by atoms with Crippen molar-refractivity contribution in [3.63, 3.8) is 0 Å². The Morgan fingerprint density at radius 1 is 0.295 bits per heavy atom. The van der Waals surface area contributed by atoms with Gasteiger partial charge in [0.05, 0.1) is 165 Å². The predicted molar refractivity (Wildman–Crippen MR) is 369 cm³/mol. The zero-order chi connectivity index (χ0) is 60.9. The summed E-state index contributed by atoms with van der Waals surface area (Å²) in [5.41, 5.74) is 29.1. The summed E-state index contributed by atoms with van der Waals surface area (Å²) in [5.74, 6) is 0. The fourth-order valence-electron chi connectivity index (χ4n) is 12.0. The van der Waals surface area contributed by atoms with E-state index in [0.717, 1.165) is 165 Å². The van der Waals surface area contributed by atoms with Crippen LogP contribution < -0.4 is 21.3 Å². The zero-order valence-corrected chi connectivity index (χ0v) is 52.2. The first-order valence-corrected chi connectivity index (χ1v) is 31.3. The first-order valence-electron chi connectivity index (χ1n) is 31.3. The van der Waals surface area contributed by atoms with Crippen LogP contribution in [0.4, 0.5) is 45.5 Å². The number of H-pyrrole nitrogens is 4. The number of nitrogens with one attached hydrogen (secondary N) is 8. The van der Waals surface area contributed by atoms with E-state index >= 15 is 0 Å². The Morgan fingerprint density at radius 3 is 0.750 bits per heavy atom. The van der Waals surface area contributed by atoms with Crippen molar-refractivity contribution in [2.45, 2.75) is 133 Å². The molecule has 0 saturated carbocycles.